The number of hydrogen-bond donors (Lipinski definition) is 0. The summed E-state index contributed by atoms with van der Waals surface area (Å²) in [5, 5.41) is 0. The van der Waals surface area contributed by atoms with E-state index in [0.29, 0.717) is 12.7 Å². The molecule has 0 amide bonds. The molecule has 4 heteroatoms. The highest BCUT2D eigenvalue weighted by Gasteiger charge is 2.21. The lowest BCUT2D eigenvalue weighted by Gasteiger charge is -2.21. The standard InChI is InChI=1S/C15H21BrO3/c1-10(2)6-7-17-15(11(3)16)12-4-5-13-14(8-12)19-9-18-13/h4-5,8,10-11,15H,6-7,9H2,1-3H3/t11-,15-/m0/s1. The van der Waals surface area contributed by atoms with Crippen molar-refractivity contribution in [2.24, 2.45) is 5.92 Å². The Morgan fingerprint density at radius 1 is 1.21 bits per heavy atom. The second-order valence-electron chi connectivity index (χ2n) is 5.26. The molecule has 19 heavy (non-hydrogen) atoms. The molecule has 1 heterocycles. The summed E-state index contributed by atoms with van der Waals surface area (Å²) in [6.45, 7) is 7.59. The number of alkyl halides is 1. The summed E-state index contributed by atoms with van der Waals surface area (Å²) >= 11 is 3.63. The summed E-state index contributed by atoms with van der Waals surface area (Å²) in [5.74, 6) is 2.28. The zero-order chi connectivity index (χ0) is 13.8. The van der Waals surface area contributed by atoms with E-state index in [-0.39, 0.29) is 10.9 Å². The minimum absolute atomic E-state index is 0.0354. The number of fused-ring (bicyclic) bond motifs is 1. The fourth-order valence-electron chi connectivity index (χ4n) is 2.01. The van der Waals surface area contributed by atoms with Crippen molar-refractivity contribution < 1.29 is 14.2 Å². The van der Waals surface area contributed by atoms with Crippen LogP contribution in [0.4, 0.5) is 0 Å². The molecule has 0 bridgehead atoms. The van der Waals surface area contributed by atoms with E-state index < -0.39 is 0 Å². The fraction of sp³-hybridized carbons (Fsp3) is 0.600. The Kier molecular flexibility index (Phi) is 5.11. The van der Waals surface area contributed by atoms with E-state index in [1.807, 2.05) is 18.2 Å². The molecule has 1 aromatic rings. The molecule has 2 atom stereocenters. The van der Waals surface area contributed by atoms with Crippen LogP contribution in [-0.4, -0.2) is 18.2 Å². The van der Waals surface area contributed by atoms with Crippen LogP contribution >= 0.6 is 15.9 Å². The molecule has 0 radical (unpaired) electrons. The third kappa shape index (κ3) is 3.86. The molecule has 0 saturated carbocycles. The smallest absolute Gasteiger partial charge is 0.231 e. The predicted molar refractivity (Wildman–Crippen MR) is 79.1 cm³/mol. The van der Waals surface area contributed by atoms with Crippen molar-refractivity contribution in [1.82, 2.24) is 0 Å². The van der Waals surface area contributed by atoms with Crippen LogP contribution in [0.3, 0.4) is 0 Å². The van der Waals surface area contributed by atoms with Crippen molar-refractivity contribution in [3.8, 4) is 11.5 Å². The zero-order valence-electron chi connectivity index (χ0n) is 11.7. The molecule has 1 aliphatic heterocycles. The second kappa shape index (κ2) is 6.62. The van der Waals surface area contributed by atoms with Gasteiger partial charge < -0.3 is 14.2 Å². The Labute approximate surface area is 123 Å². The lowest BCUT2D eigenvalue weighted by Crippen LogP contribution is -2.14. The molecule has 0 unspecified atom stereocenters. The third-order valence-electron chi connectivity index (χ3n) is 3.13. The topological polar surface area (TPSA) is 27.7 Å². The van der Waals surface area contributed by atoms with Gasteiger partial charge in [-0.1, -0.05) is 35.8 Å². The molecule has 2 rings (SSSR count). The number of hydrogen-bond acceptors (Lipinski definition) is 3. The number of halogens is 1. The van der Waals surface area contributed by atoms with Gasteiger partial charge in [0.25, 0.3) is 0 Å². The summed E-state index contributed by atoms with van der Waals surface area (Å²) in [4.78, 5) is 0.250. The van der Waals surface area contributed by atoms with Crippen molar-refractivity contribution in [3.63, 3.8) is 0 Å². The molecule has 0 aliphatic carbocycles. The van der Waals surface area contributed by atoms with Gasteiger partial charge in [-0.15, -0.1) is 0 Å². The van der Waals surface area contributed by atoms with Crippen molar-refractivity contribution in [1.29, 1.82) is 0 Å². The highest BCUT2D eigenvalue weighted by molar-refractivity contribution is 9.09. The molecule has 1 aliphatic rings. The minimum atomic E-state index is 0.0354. The van der Waals surface area contributed by atoms with E-state index in [2.05, 4.69) is 36.7 Å². The first-order valence-electron chi connectivity index (χ1n) is 6.73. The van der Waals surface area contributed by atoms with Gasteiger partial charge in [0, 0.05) is 11.4 Å². The summed E-state index contributed by atoms with van der Waals surface area (Å²) in [5.41, 5.74) is 1.12. The summed E-state index contributed by atoms with van der Waals surface area (Å²) in [6.07, 6.45) is 1.11. The van der Waals surface area contributed by atoms with Gasteiger partial charge in [0.1, 0.15) is 0 Å². The van der Waals surface area contributed by atoms with Gasteiger partial charge in [-0.3, -0.25) is 0 Å². The maximum absolute atomic E-state index is 6.02. The molecule has 3 nitrogen and oxygen atoms in total. The van der Waals surface area contributed by atoms with Gasteiger partial charge in [0.2, 0.25) is 6.79 Å². The van der Waals surface area contributed by atoms with Gasteiger partial charge in [-0.25, -0.2) is 0 Å². The average Bonchev–Trinajstić information content (AvgIpc) is 2.80. The monoisotopic (exact) mass is 328 g/mol. The van der Waals surface area contributed by atoms with Crippen molar-refractivity contribution in [2.45, 2.75) is 38.1 Å². The fourth-order valence-corrected chi connectivity index (χ4v) is 2.47. The summed E-state index contributed by atoms with van der Waals surface area (Å²) in [6, 6.07) is 6.01. The quantitative estimate of drug-likeness (QED) is 0.728. The molecular formula is C15H21BrO3. The van der Waals surface area contributed by atoms with E-state index >= 15 is 0 Å². The predicted octanol–water partition coefficient (Wildman–Crippen LogP) is 4.30. The van der Waals surface area contributed by atoms with Crippen LogP contribution in [0.5, 0.6) is 11.5 Å². The highest BCUT2D eigenvalue weighted by Crippen LogP contribution is 2.36. The Hall–Kier alpha value is -0.740. The zero-order valence-corrected chi connectivity index (χ0v) is 13.3. The lowest BCUT2D eigenvalue weighted by molar-refractivity contribution is 0.0480. The molecule has 0 fully saturated rings. The Morgan fingerprint density at radius 3 is 2.63 bits per heavy atom. The first-order chi connectivity index (χ1) is 9.08. The van der Waals surface area contributed by atoms with Crippen molar-refractivity contribution in [2.75, 3.05) is 13.4 Å². The van der Waals surface area contributed by atoms with E-state index in [1.165, 1.54) is 0 Å². The lowest BCUT2D eigenvalue weighted by atomic mass is 10.1. The molecular weight excluding hydrogens is 308 g/mol. The molecule has 1 aromatic carbocycles. The first kappa shape index (κ1) is 14.7. The Bertz CT molecular complexity index is 418. The normalized spacial score (nSPS) is 16.7. The van der Waals surface area contributed by atoms with Gasteiger partial charge in [-0.05, 0) is 37.0 Å². The molecule has 0 saturated heterocycles. The molecule has 0 N–H and O–H groups in total. The molecule has 106 valence electrons. The van der Waals surface area contributed by atoms with Crippen LogP contribution in [0, 0.1) is 5.92 Å². The van der Waals surface area contributed by atoms with E-state index in [0.717, 1.165) is 30.1 Å². The Morgan fingerprint density at radius 2 is 1.95 bits per heavy atom. The van der Waals surface area contributed by atoms with Crippen molar-refractivity contribution >= 4 is 15.9 Å². The van der Waals surface area contributed by atoms with Crippen molar-refractivity contribution in [3.05, 3.63) is 23.8 Å². The maximum atomic E-state index is 6.02. The maximum Gasteiger partial charge on any atom is 0.231 e. The largest absolute Gasteiger partial charge is 0.454 e. The Balaban J connectivity index is 2.06. The van der Waals surface area contributed by atoms with Gasteiger partial charge in [-0.2, -0.15) is 0 Å². The first-order valence-corrected chi connectivity index (χ1v) is 7.64. The van der Waals surface area contributed by atoms with Crippen LogP contribution in [-0.2, 0) is 4.74 Å². The minimum Gasteiger partial charge on any atom is -0.454 e. The summed E-state index contributed by atoms with van der Waals surface area (Å²) < 4.78 is 16.8. The summed E-state index contributed by atoms with van der Waals surface area (Å²) in [7, 11) is 0. The highest BCUT2D eigenvalue weighted by atomic mass is 79.9. The van der Waals surface area contributed by atoms with Crippen LogP contribution in [0.1, 0.15) is 38.9 Å². The number of benzene rings is 1. The SMILES string of the molecule is CC(C)CCO[C@H](c1ccc2c(c1)OCO2)[C@H](C)Br. The van der Waals surface area contributed by atoms with Crippen LogP contribution in [0.2, 0.25) is 0 Å². The number of rotatable bonds is 6. The van der Waals surface area contributed by atoms with Crippen LogP contribution in [0.25, 0.3) is 0 Å². The van der Waals surface area contributed by atoms with E-state index in [1.54, 1.807) is 0 Å². The van der Waals surface area contributed by atoms with Crippen LogP contribution < -0.4 is 9.47 Å². The van der Waals surface area contributed by atoms with Gasteiger partial charge in [0.05, 0.1) is 6.10 Å². The molecule has 0 spiro atoms. The third-order valence-corrected chi connectivity index (χ3v) is 3.62. The van der Waals surface area contributed by atoms with Gasteiger partial charge in [0.15, 0.2) is 11.5 Å². The second-order valence-corrected chi connectivity index (χ2v) is 6.71. The van der Waals surface area contributed by atoms with E-state index in [9.17, 15) is 0 Å². The van der Waals surface area contributed by atoms with Crippen LogP contribution in [0.15, 0.2) is 18.2 Å². The average molecular weight is 329 g/mol. The number of ether oxygens (including phenoxy) is 3. The molecule has 0 aromatic heterocycles. The van der Waals surface area contributed by atoms with E-state index in [4.69, 9.17) is 14.2 Å². The van der Waals surface area contributed by atoms with Gasteiger partial charge >= 0.3 is 0 Å².